The summed E-state index contributed by atoms with van der Waals surface area (Å²) in [6, 6.07) is 8.67. The summed E-state index contributed by atoms with van der Waals surface area (Å²) in [7, 11) is 0. The lowest BCUT2D eigenvalue weighted by atomic mass is 9.98. The maximum Gasteiger partial charge on any atom is 0.0594 e. The van der Waals surface area contributed by atoms with Crippen LogP contribution < -0.4 is 5.32 Å². The zero-order valence-corrected chi connectivity index (χ0v) is 12.0. The van der Waals surface area contributed by atoms with Crippen molar-refractivity contribution in [3.8, 4) is 0 Å². The molecule has 0 spiro atoms. The van der Waals surface area contributed by atoms with Crippen molar-refractivity contribution in [3.63, 3.8) is 0 Å². The van der Waals surface area contributed by atoms with Gasteiger partial charge >= 0.3 is 0 Å². The van der Waals surface area contributed by atoms with Crippen LogP contribution in [0.25, 0.3) is 10.9 Å². The number of nitrogens with one attached hydrogen (secondary N) is 2. The van der Waals surface area contributed by atoms with Gasteiger partial charge in [0.2, 0.25) is 0 Å². The smallest absolute Gasteiger partial charge is 0.0594 e. The van der Waals surface area contributed by atoms with Gasteiger partial charge in [-0.3, -0.25) is 0 Å². The van der Waals surface area contributed by atoms with Crippen molar-refractivity contribution >= 4 is 10.9 Å². The number of hydrogen-bond acceptors (Lipinski definition) is 2. The second kappa shape index (κ2) is 6.91. The van der Waals surface area contributed by atoms with Crippen molar-refractivity contribution in [2.75, 3.05) is 13.2 Å². The normalized spacial score (nSPS) is 16.8. The maximum absolute atomic E-state index is 5.91. The predicted molar refractivity (Wildman–Crippen MR) is 82.8 cm³/mol. The Hall–Kier alpha value is -1.32. The van der Waals surface area contributed by atoms with Gasteiger partial charge in [0.15, 0.2) is 0 Å². The number of rotatable bonds is 6. The fourth-order valence-corrected chi connectivity index (χ4v) is 2.97. The van der Waals surface area contributed by atoms with E-state index in [0.29, 0.717) is 6.10 Å². The third-order valence-corrected chi connectivity index (χ3v) is 4.13. The summed E-state index contributed by atoms with van der Waals surface area (Å²) < 4.78 is 5.91. The lowest BCUT2D eigenvalue weighted by Crippen LogP contribution is -2.24. The number of aromatic nitrogens is 1. The second-order valence-electron chi connectivity index (χ2n) is 5.71. The molecule has 3 rings (SSSR count). The highest BCUT2D eigenvalue weighted by Crippen LogP contribution is 2.19. The van der Waals surface area contributed by atoms with Gasteiger partial charge < -0.3 is 15.0 Å². The molecule has 0 amide bonds. The molecular weight excluding hydrogens is 248 g/mol. The topological polar surface area (TPSA) is 37.0 Å². The molecular formula is C17H24N2O. The SMILES string of the molecule is c1cc2ccc(CNCCOC3CCCCC3)cc2[nH]1. The van der Waals surface area contributed by atoms with Gasteiger partial charge in [-0.2, -0.15) is 0 Å². The summed E-state index contributed by atoms with van der Waals surface area (Å²) in [4.78, 5) is 3.25. The Morgan fingerprint density at radius 2 is 2.05 bits per heavy atom. The van der Waals surface area contributed by atoms with E-state index in [2.05, 4.69) is 34.6 Å². The number of H-pyrrole nitrogens is 1. The zero-order valence-electron chi connectivity index (χ0n) is 12.0. The number of hydrogen-bond donors (Lipinski definition) is 2. The fraction of sp³-hybridized carbons (Fsp3) is 0.529. The molecule has 1 heterocycles. The van der Waals surface area contributed by atoms with Gasteiger partial charge in [0, 0.05) is 24.8 Å². The van der Waals surface area contributed by atoms with Crippen LogP contribution in [0, 0.1) is 0 Å². The molecule has 0 atom stereocenters. The lowest BCUT2D eigenvalue weighted by molar-refractivity contribution is 0.0302. The van der Waals surface area contributed by atoms with Crippen molar-refractivity contribution < 1.29 is 4.74 Å². The van der Waals surface area contributed by atoms with Crippen molar-refractivity contribution in [2.45, 2.75) is 44.8 Å². The zero-order chi connectivity index (χ0) is 13.6. The van der Waals surface area contributed by atoms with Crippen molar-refractivity contribution in [2.24, 2.45) is 0 Å². The molecule has 0 radical (unpaired) electrons. The minimum atomic E-state index is 0.515. The van der Waals surface area contributed by atoms with Crippen LogP contribution in [0.5, 0.6) is 0 Å². The van der Waals surface area contributed by atoms with Gasteiger partial charge in [0.1, 0.15) is 0 Å². The van der Waals surface area contributed by atoms with E-state index in [1.807, 2.05) is 6.20 Å². The van der Waals surface area contributed by atoms with E-state index in [-0.39, 0.29) is 0 Å². The van der Waals surface area contributed by atoms with Gasteiger partial charge in [-0.1, -0.05) is 31.4 Å². The lowest BCUT2D eigenvalue weighted by Gasteiger charge is -2.22. The molecule has 3 nitrogen and oxygen atoms in total. The first kappa shape index (κ1) is 13.7. The average molecular weight is 272 g/mol. The Morgan fingerprint density at radius 3 is 2.95 bits per heavy atom. The summed E-state index contributed by atoms with van der Waals surface area (Å²) >= 11 is 0. The van der Waals surface area contributed by atoms with Crippen LogP contribution in [0.4, 0.5) is 0 Å². The van der Waals surface area contributed by atoms with Crippen LogP contribution in [0.1, 0.15) is 37.7 Å². The molecule has 1 aromatic heterocycles. The largest absolute Gasteiger partial charge is 0.377 e. The van der Waals surface area contributed by atoms with Crippen LogP contribution in [0.15, 0.2) is 30.5 Å². The Morgan fingerprint density at radius 1 is 1.15 bits per heavy atom. The van der Waals surface area contributed by atoms with Crippen LogP contribution in [0.2, 0.25) is 0 Å². The molecule has 0 bridgehead atoms. The number of benzene rings is 1. The molecule has 0 aliphatic heterocycles. The molecule has 1 aliphatic rings. The molecule has 2 N–H and O–H groups in total. The monoisotopic (exact) mass is 272 g/mol. The molecule has 0 saturated heterocycles. The fourth-order valence-electron chi connectivity index (χ4n) is 2.97. The maximum atomic E-state index is 5.91. The Balaban J connectivity index is 1.36. The van der Waals surface area contributed by atoms with E-state index >= 15 is 0 Å². The summed E-state index contributed by atoms with van der Waals surface area (Å²) in [6.45, 7) is 2.66. The standard InChI is InChI=1S/C17H24N2O/c1-2-4-16(5-3-1)20-11-10-18-13-14-6-7-15-8-9-19-17(15)12-14/h6-9,12,16,18-19H,1-5,10-11,13H2. The number of aromatic amines is 1. The highest BCUT2D eigenvalue weighted by molar-refractivity contribution is 5.79. The first-order valence-electron chi connectivity index (χ1n) is 7.80. The van der Waals surface area contributed by atoms with Crippen LogP contribution in [-0.4, -0.2) is 24.2 Å². The van der Waals surface area contributed by atoms with Crippen LogP contribution >= 0.6 is 0 Å². The summed E-state index contributed by atoms with van der Waals surface area (Å²) in [5.74, 6) is 0. The van der Waals surface area contributed by atoms with E-state index in [1.54, 1.807) is 0 Å². The van der Waals surface area contributed by atoms with E-state index in [4.69, 9.17) is 4.74 Å². The highest BCUT2D eigenvalue weighted by Gasteiger charge is 2.12. The first-order valence-corrected chi connectivity index (χ1v) is 7.80. The van der Waals surface area contributed by atoms with E-state index in [9.17, 15) is 0 Å². The summed E-state index contributed by atoms with van der Waals surface area (Å²) in [6.07, 6.45) is 9.08. The van der Waals surface area contributed by atoms with Crippen molar-refractivity contribution in [3.05, 3.63) is 36.0 Å². The Bertz CT molecular complexity index is 529. The Labute approximate surface area is 120 Å². The molecule has 108 valence electrons. The highest BCUT2D eigenvalue weighted by atomic mass is 16.5. The van der Waals surface area contributed by atoms with Crippen LogP contribution in [0.3, 0.4) is 0 Å². The third kappa shape index (κ3) is 3.62. The molecule has 0 unspecified atom stereocenters. The average Bonchev–Trinajstić information content (AvgIpc) is 2.95. The van der Waals surface area contributed by atoms with Gasteiger partial charge in [-0.05, 0) is 35.9 Å². The van der Waals surface area contributed by atoms with E-state index in [0.717, 1.165) is 19.7 Å². The van der Waals surface area contributed by atoms with Gasteiger partial charge in [0.05, 0.1) is 12.7 Å². The molecule has 2 aromatic rings. The van der Waals surface area contributed by atoms with Gasteiger partial charge in [-0.25, -0.2) is 0 Å². The Kier molecular flexibility index (Phi) is 4.72. The van der Waals surface area contributed by atoms with Gasteiger partial charge in [0.25, 0.3) is 0 Å². The van der Waals surface area contributed by atoms with Crippen LogP contribution in [-0.2, 0) is 11.3 Å². The molecule has 1 aromatic carbocycles. The number of ether oxygens (including phenoxy) is 1. The molecule has 20 heavy (non-hydrogen) atoms. The first-order chi connectivity index (χ1) is 9.92. The minimum Gasteiger partial charge on any atom is -0.377 e. The molecule has 3 heteroatoms. The second-order valence-corrected chi connectivity index (χ2v) is 5.71. The predicted octanol–water partition coefficient (Wildman–Crippen LogP) is 3.61. The van der Waals surface area contributed by atoms with E-state index in [1.165, 1.54) is 48.6 Å². The summed E-state index contributed by atoms with van der Waals surface area (Å²) in [5, 5.41) is 4.73. The quantitative estimate of drug-likeness (QED) is 0.788. The molecule has 1 fully saturated rings. The van der Waals surface area contributed by atoms with Crippen molar-refractivity contribution in [1.29, 1.82) is 0 Å². The summed E-state index contributed by atoms with van der Waals surface area (Å²) in [5.41, 5.74) is 2.53. The van der Waals surface area contributed by atoms with E-state index < -0.39 is 0 Å². The number of fused-ring (bicyclic) bond motifs is 1. The molecule has 1 saturated carbocycles. The van der Waals surface area contributed by atoms with Crippen molar-refractivity contribution in [1.82, 2.24) is 10.3 Å². The van der Waals surface area contributed by atoms with Gasteiger partial charge in [-0.15, -0.1) is 0 Å². The minimum absolute atomic E-state index is 0.515. The third-order valence-electron chi connectivity index (χ3n) is 4.13. The molecule has 1 aliphatic carbocycles.